The molecular weight excluding hydrogens is 273 g/mol. The summed E-state index contributed by atoms with van der Waals surface area (Å²) in [6.07, 6.45) is -4.48. The Morgan fingerprint density at radius 3 is 2.70 bits per heavy atom. The van der Waals surface area contributed by atoms with Crippen LogP contribution in [0.3, 0.4) is 0 Å². The number of hydrogen-bond donors (Lipinski definition) is 2. The topological polar surface area (TPSA) is 54.1 Å². The van der Waals surface area contributed by atoms with Gasteiger partial charge in [0.25, 0.3) is 5.91 Å². The van der Waals surface area contributed by atoms with Gasteiger partial charge in [0.1, 0.15) is 0 Å². The summed E-state index contributed by atoms with van der Waals surface area (Å²) in [4.78, 5) is 19.0. The lowest BCUT2D eigenvalue weighted by Crippen LogP contribution is -2.29. The van der Waals surface area contributed by atoms with Crippen LogP contribution in [0.2, 0.25) is 0 Å². The SMILES string of the molecule is Cc1[nH]c2ccc(C(=O)NOCC(F)(F)F)cc2c1C. The molecule has 0 fully saturated rings. The fourth-order valence-corrected chi connectivity index (χ4v) is 1.84. The van der Waals surface area contributed by atoms with E-state index < -0.39 is 18.7 Å². The average molecular weight is 286 g/mol. The number of fused-ring (bicyclic) bond motifs is 1. The van der Waals surface area contributed by atoms with Gasteiger partial charge >= 0.3 is 6.18 Å². The number of benzene rings is 1. The third kappa shape index (κ3) is 3.11. The number of aromatic amines is 1. The zero-order chi connectivity index (χ0) is 14.9. The Balaban J connectivity index is 2.12. The Morgan fingerprint density at radius 1 is 1.35 bits per heavy atom. The minimum absolute atomic E-state index is 0.238. The van der Waals surface area contributed by atoms with Gasteiger partial charge in [0.2, 0.25) is 0 Å². The van der Waals surface area contributed by atoms with Crippen LogP contribution in [0.25, 0.3) is 10.9 Å². The minimum Gasteiger partial charge on any atom is -0.358 e. The molecule has 0 aliphatic carbocycles. The van der Waals surface area contributed by atoms with Crippen LogP contribution in [0, 0.1) is 13.8 Å². The lowest BCUT2D eigenvalue weighted by atomic mass is 10.1. The number of H-pyrrole nitrogens is 1. The van der Waals surface area contributed by atoms with Crippen molar-refractivity contribution in [3.63, 3.8) is 0 Å². The summed E-state index contributed by atoms with van der Waals surface area (Å²) in [6.45, 7) is 2.28. The number of carbonyl (C=O) groups excluding carboxylic acids is 1. The van der Waals surface area contributed by atoms with Crippen LogP contribution in [-0.2, 0) is 4.84 Å². The zero-order valence-electron chi connectivity index (χ0n) is 10.9. The first-order valence-electron chi connectivity index (χ1n) is 5.86. The maximum Gasteiger partial charge on any atom is 0.414 e. The maximum atomic E-state index is 11.9. The zero-order valence-corrected chi connectivity index (χ0v) is 10.9. The molecule has 1 aromatic heterocycles. The third-order valence-corrected chi connectivity index (χ3v) is 2.97. The van der Waals surface area contributed by atoms with Crippen LogP contribution < -0.4 is 5.48 Å². The molecule has 0 saturated carbocycles. The first kappa shape index (κ1) is 14.4. The van der Waals surface area contributed by atoms with Crippen molar-refractivity contribution < 1.29 is 22.8 Å². The fraction of sp³-hybridized carbons (Fsp3) is 0.308. The van der Waals surface area contributed by atoms with Gasteiger partial charge in [-0.3, -0.25) is 9.63 Å². The standard InChI is InChI=1S/C13H13F3N2O2/c1-7-8(2)17-11-4-3-9(5-10(7)11)12(19)18-20-6-13(14,15)16/h3-5,17H,6H2,1-2H3,(H,18,19). The molecule has 2 rings (SSSR count). The largest absolute Gasteiger partial charge is 0.414 e. The highest BCUT2D eigenvalue weighted by Gasteiger charge is 2.28. The summed E-state index contributed by atoms with van der Waals surface area (Å²) >= 11 is 0. The number of aryl methyl sites for hydroxylation is 2. The van der Waals surface area contributed by atoms with Crippen LogP contribution in [0.5, 0.6) is 0 Å². The molecule has 108 valence electrons. The smallest absolute Gasteiger partial charge is 0.358 e. The van der Waals surface area contributed by atoms with E-state index in [0.717, 1.165) is 22.2 Å². The van der Waals surface area contributed by atoms with Gasteiger partial charge in [-0.05, 0) is 37.6 Å². The van der Waals surface area contributed by atoms with Gasteiger partial charge in [0.15, 0.2) is 6.61 Å². The molecule has 7 heteroatoms. The summed E-state index contributed by atoms with van der Waals surface area (Å²) in [7, 11) is 0. The predicted molar refractivity (Wildman–Crippen MR) is 67.2 cm³/mol. The number of carbonyl (C=O) groups is 1. The number of halogens is 3. The predicted octanol–water partition coefficient (Wildman–Crippen LogP) is 3.01. The number of hydrogen-bond acceptors (Lipinski definition) is 2. The van der Waals surface area contributed by atoms with Gasteiger partial charge in [0.05, 0.1) is 0 Å². The van der Waals surface area contributed by atoms with E-state index in [0.29, 0.717) is 0 Å². The molecule has 4 nitrogen and oxygen atoms in total. The van der Waals surface area contributed by atoms with E-state index in [4.69, 9.17) is 0 Å². The second-order valence-electron chi connectivity index (χ2n) is 4.47. The molecule has 1 aromatic carbocycles. The molecule has 0 atom stereocenters. The maximum absolute atomic E-state index is 11.9. The molecule has 0 aliphatic heterocycles. The summed E-state index contributed by atoms with van der Waals surface area (Å²) in [5.74, 6) is -0.714. The van der Waals surface area contributed by atoms with Crippen molar-refractivity contribution in [2.75, 3.05) is 6.61 Å². The van der Waals surface area contributed by atoms with Crippen LogP contribution >= 0.6 is 0 Å². The van der Waals surface area contributed by atoms with Crippen LogP contribution in [0.4, 0.5) is 13.2 Å². The van der Waals surface area contributed by atoms with Crippen molar-refractivity contribution in [1.29, 1.82) is 0 Å². The second-order valence-corrected chi connectivity index (χ2v) is 4.47. The number of amides is 1. The second kappa shape index (κ2) is 5.16. The Labute approximate surface area is 112 Å². The number of alkyl halides is 3. The quantitative estimate of drug-likeness (QED) is 0.852. The minimum atomic E-state index is -4.48. The molecule has 2 aromatic rings. The van der Waals surface area contributed by atoms with E-state index >= 15 is 0 Å². The van der Waals surface area contributed by atoms with E-state index in [2.05, 4.69) is 9.82 Å². The third-order valence-electron chi connectivity index (χ3n) is 2.97. The molecular formula is C13H13F3N2O2. The Bertz CT molecular complexity index is 647. The van der Waals surface area contributed by atoms with Gasteiger partial charge in [-0.25, -0.2) is 5.48 Å². The Hall–Kier alpha value is -2.02. The number of aromatic nitrogens is 1. The summed E-state index contributed by atoms with van der Waals surface area (Å²) in [5, 5.41) is 0.853. The summed E-state index contributed by atoms with van der Waals surface area (Å²) in [6, 6.07) is 4.83. The highest BCUT2D eigenvalue weighted by atomic mass is 19.4. The number of rotatable bonds is 3. The van der Waals surface area contributed by atoms with Crippen molar-refractivity contribution in [2.45, 2.75) is 20.0 Å². The number of nitrogens with one attached hydrogen (secondary N) is 2. The van der Waals surface area contributed by atoms with Gasteiger partial charge in [-0.15, -0.1) is 0 Å². The highest BCUT2D eigenvalue weighted by Crippen LogP contribution is 2.22. The highest BCUT2D eigenvalue weighted by molar-refractivity contribution is 5.98. The molecule has 1 heterocycles. The monoisotopic (exact) mass is 286 g/mol. The van der Waals surface area contributed by atoms with Gasteiger partial charge in [0, 0.05) is 22.2 Å². The Morgan fingerprint density at radius 2 is 2.05 bits per heavy atom. The van der Waals surface area contributed by atoms with E-state index in [9.17, 15) is 18.0 Å². The van der Waals surface area contributed by atoms with Crippen LogP contribution in [0.1, 0.15) is 21.6 Å². The molecule has 0 unspecified atom stereocenters. The lowest BCUT2D eigenvalue weighted by Gasteiger charge is -2.08. The lowest BCUT2D eigenvalue weighted by molar-refractivity contribution is -0.184. The summed E-state index contributed by atoms with van der Waals surface area (Å²) < 4.78 is 35.7. The van der Waals surface area contributed by atoms with Gasteiger partial charge < -0.3 is 4.98 Å². The van der Waals surface area contributed by atoms with Crippen LogP contribution in [-0.4, -0.2) is 23.7 Å². The van der Waals surface area contributed by atoms with Gasteiger partial charge in [-0.2, -0.15) is 13.2 Å². The molecule has 20 heavy (non-hydrogen) atoms. The molecule has 0 aliphatic rings. The van der Waals surface area contributed by atoms with E-state index in [1.165, 1.54) is 6.07 Å². The van der Waals surface area contributed by atoms with E-state index in [1.54, 1.807) is 17.6 Å². The summed E-state index contributed by atoms with van der Waals surface area (Å²) in [5.41, 5.74) is 4.85. The van der Waals surface area contributed by atoms with Crippen molar-refractivity contribution in [3.05, 3.63) is 35.0 Å². The normalized spacial score (nSPS) is 11.8. The molecule has 0 spiro atoms. The number of hydroxylamine groups is 1. The average Bonchev–Trinajstić information content (AvgIpc) is 2.63. The van der Waals surface area contributed by atoms with Crippen molar-refractivity contribution in [3.8, 4) is 0 Å². The van der Waals surface area contributed by atoms with Crippen molar-refractivity contribution >= 4 is 16.8 Å². The Kier molecular flexibility index (Phi) is 3.71. The van der Waals surface area contributed by atoms with Crippen molar-refractivity contribution in [1.82, 2.24) is 10.5 Å². The first-order valence-corrected chi connectivity index (χ1v) is 5.86. The van der Waals surface area contributed by atoms with E-state index in [1.807, 2.05) is 13.8 Å². The van der Waals surface area contributed by atoms with E-state index in [-0.39, 0.29) is 5.56 Å². The van der Waals surface area contributed by atoms with Crippen molar-refractivity contribution in [2.24, 2.45) is 0 Å². The molecule has 0 bridgehead atoms. The van der Waals surface area contributed by atoms with Gasteiger partial charge in [-0.1, -0.05) is 0 Å². The molecule has 1 amide bonds. The fourth-order valence-electron chi connectivity index (χ4n) is 1.84. The molecule has 0 saturated heterocycles. The molecule has 2 N–H and O–H groups in total. The van der Waals surface area contributed by atoms with Crippen LogP contribution in [0.15, 0.2) is 18.2 Å². The first-order chi connectivity index (χ1) is 9.28. The molecule has 0 radical (unpaired) electrons.